The van der Waals surface area contributed by atoms with Crippen molar-refractivity contribution in [3.8, 4) is 11.5 Å². The molecule has 0 atom stereocenters. The normalized spacial score (nSPS) is 10.3. The Balaban J connectivity index is 2.21. The van der Waals surface area contributed by atoms with Crippen molar-refractivity contribution in [3.63, 3.8) is 0 Å². The van der Waals surface area contributed by atoms with Crippen molar-refractivity contribution in [1.29, 1.82) is 0 Å². The maximum Gasteiger partial charge on any atom is 0.115 e. The fourth-order valence-electron chi connectivity index (χ4n) is 2.57. The second-order valence-corrected chi connectivity index (χ2v) is 5.31. The molecule has 2 N–H and O–H groups in total. The summed E-state index contributed by atoms with van der Waals surface area (Å²) in [5, 5.41) is 19.1. The summed E-state index contributed by atoms with van der Waals surface area (Å²) in [5.41, 5.74) is 4.91. The minimum atomic E-state index is 0.231. The molecule has 2 aromatic carbocycles. The monoisotopic (exact) mass is 303 g/mol. The molecule has 0 saturated carbocycles. The van der Waals surface area contributed by atoms with Crippen LogP contribution in [0, 0.1) is 0 Å². The molecule has 0 aliphatic carbocycles. The highest BCUT2D eigenvalue weighted by atomic mass is 16.3. The third kappa shape index (κ3) is 3.24. The van der Waals surface area contributed by atoms with Gasteiger partial charge in [-0.25, -0.2) is 0 Å². The van der Waals surface area contributed by atoms with E-state index in [0.29, 0.717) is 0 Å². The van der Waals surface area contributed by atoms with Crippen molar-refractivity contribution in [3.05, 3.63) is 89.7 Å². The highest BCUT2D eigenvalue weighted by molar-refractivity contribution is 5.97. The van der Waals surface area contributed by atoms with E-state index in [1.807, 2.05) is 49.4 Å². The molecule has 3 nitrogen and oxygen atoms in total. The van der Waals surface area contributed by atoms with Gasteiger partial charge in [-0.2, -0.15) is 0 Å². The summed E-state index contributed by atoms with van der Waals surface area (Å²) in [7, 11) is 0. The van der Waals surface area contributed by atoms with Crippen molar-refractivity contribution in [2.45, 2.75) is 6.92 Å². The van der Waals surface area contributed by atoms with Crippen LogP contribution in [-0.2, 0) is 0 Å². The average Bonchev–Trinajstić information content (AvgIpc) is 2.59. The van der Waals surface area contributed by atoms with Gasteiger partial charge < -0.3 is 10.2 Å². The Kier molecular flexibility index (Phi) is 4.11. The lowest BCUT2D eigenvalue weighted by Crippen LogP contribution is -1.94. The number of aromatic nitrogens is 1. The predicted octanol–water partition coefficient (Wildman–Crippen LogP) is 4.47. The summed E-state index contributed by atoms with van der Waals surface area (Å²) in [5.74, 6) is 0.462. The number of rotatable bonds is 3. The van der Waals surface area contributed by atoms with Gasteiger partial charge in [0.2, 0.25) is 0 Å². The number of aromatic hydroxyl groups is 2. The highest BCUT2D eigenvalue weighted by Gasteiger charge is 2.11. The third-order valence-electron chi connectivity index (χ3n) is 3.74. The first-order valence-electron chi connectivity index (χ1n) is 7.36. The molecule has 0 amide bonds. The van der Waals surface area contributed by atoms with Crippen molar-refractivity contribution < 1.29 is 10.2 Å². The minimum Gasteiger partial charge on any atom is -0.508 e. The molecule has 1 heterocycles. The number of nitrogens with zero attached hydrogens (tertiary/aromatic N) is 1. The number of phenolic OH excluding ortho intramolecular Hbond substituents is 2. The van der Waals surface area contributed by atoms with Gasteiger partial charge in [0, 0.05) is 6.20 Å². The van der Waals surface area contributed by atoms with Crippen LogP contribution >= 0.6 is 0 Å². The van der Waals surface area contributed by atoms with Crippen LogP contribution in [0.5, 0.6) is 11.5 Å². The molecule has 0 unspecified atom stereocenters. The maximum atomic E-state index is 9.54. The highest BCUT2D eigenvalue weighted by Crippen LogP contribution is 2.32. The van der Waals surface area contributed by atoms with Gasteiger partial charge in [-0.05, 0) is 65.6 Å². The van der Waals surface area contributed by atoms with Crippen LogP contribution in [0.3, 0.4) is 0 Å². The first-order chi connectivity index (χ1) is 11.1. The lowest BCUT2D eigenvalue weighted by molar-refractivity contribution is 0.475. The van der Waals surface area contributed by atoms with Crippen LogP contribution in [0.4, 0.5) is 0 Å². The summed E-state index contributed by atoms with van der Waals surface area (Å²) >= 11 is 0. The molecule has 3 heteroatoms. The Labute approximate surface area is 135 Å². The molecule has 114 valence electrons. The zero-order valence-electron chi connectivity index (χ0n) is 12.8. The van der Waals surface area contributed by atoms with E-state index in [2.05, 4.69) is 4.98 Å². The molecule has 1 aromatic heterocycles. The number of hydrogen-bond acceptors (Lipinski definition) is 3. The number of allylic oxidation sites excluding steroid dienone is 1. The largest absolute Gasteiger partial charge is 0.508 e. The Bertz CT molecular complexity index is 772. The molecular weight excluding hydrogens is 286 g/mol. The quantitative estimate of drug-likeness (QED) is 0.750. The van der Waals surface area contributed by atoms with E-state index in [-0.39, 0.29) is 11.5 Å². The van der Waals surface area contributed by atoms with E-state index in [0.717, 1.165) is 28.0 Å². The van der Waals surface area contributed by atoms with Crippen LogP contribution in [0.15, 0.2) is 72.9 Å². The Hall–Kier alpha value is -3.07. The molecule has 3 rings (SSSR count). The Morgan fingerprint density at radius 3 is 1.70 bits per heavy atom. The molecule has 0 radical (unpaired) electrons. The van der Waals surface area contributed by atoms with Crippen LogP contribution < -0.4 is 0 Å². The van der Waals surface area contributed by atoms with E-state index in [1.54, 1.807) is 30.5 Å². The molecule has 3 aromatic rings. The van der Waals surface area contributed by atoms with Crippen LogP contribution in [0.25, 0.3) is 11.1 Å². The molecular formula is C20H17NO2. The first kappa shape index (κ1) is 14.9. The molecule has 0 spiro atoms. The van der Waals surface area contributed by atoms with Crippen molar-refractivity contribution in [2.24, 2.45) is 0 Å². The standard InChI is InChI=1S/C20H17NO2/c1-14(19-4-2-3-13-21-19)20(15-5-9-17(22)10-6-15)16-7-11-18(23)12-8-16/h2-13,22-23H,1H3. The average molecular weight is 303 g/mol. The molecule has 0 saturated heterocycles. The summed E-state index contributed by atoms with van der Waals surface area (Å²) in [6, 6.07) is 20.0. The minimum absolute atomic E-state index is 0.231. The van der Waals surface area contributed by atoms with E-state index in [4.69, 9.17) is 0 Å². The number of benzene rings is 2. The molecule has 0 aliphatic heterocycles. The van der Waals surface area contributed by atoms with Gasteiger partial charge in [0.25, 0.3) is 0 Å². The van der Waals surface area contributed by atoms with Crippen molar-refractivity contribution in [2.75, 3.05) is 0 Å². The molecule has 0 fully saturated rings. The van der Waals surface area contributed by atoms with Crippen LogP contribution in [-0.4, -0.2) is 15.2 Å². The Morgan fingerprint density at radius 2 is 1.26 bits per heavy atom. The first-order valence-corrected chi connectivity index (χ1v) is 7.36. The summed E-state index contributed by atoms with van der Waals surface area (Å²) in [6.45, 7) is 2.03. The van der Waals surface area contributed by atoms with E-state index in [1.165, 1.54) is 0 Å². The van der Waals surface area contributed by atoms with E-state index >= 15 is 0 Å². The number of hydrogen-bond donors (Lipinski definition) is 2. The number of phenols is 2. The topological polar surface area (TPSA) is 53.4 Å². The zero-order valence-corrected chi connectivity index (χ0v) is 12.8. The van der Waals surface area contributed by atoms with Gasteiger partial charge >= 0.3 is 0 Å². The van der Waals surface area contributed by atoms with E-state index in [9.17, 15) is 10.2 Å². The molecule has 0 aliphatic rings. The summed E-state index contributed by atoms with van der Waals surface area (Å²) in [6.07, 6.45) is 1.77. The lowest BCUT2D eigenvalue weighted by Gasteiger charge is -2.14. The SMILES string of the molecule is CC(=C(c1ccc(O)cc1)c1ccc(O)cc1)c1ccccn1. The van der Waals surface area contributed by atoms with E-state index < -0.39 is 0 Å². The Morgan fingerprint density at radius 1 is 0.739 bits per heavy atom. The molecule has 23 heavy (non-hydrogen) atoms. The van der Waals surface area contributed by atoms with Crippen LogP contribution in [0.2, 0.25) is 0 Å². The van der Waals surface area contributed by atoms with Crippen molar-refractivity contribution >= 4 is 11.1 Å². The van der Waals surface area contributed by atoms with Gasteiger partial charge in [-0.3, -0.25) is 4.98 Å². The van der Waals surface area contributed by atoms with Gasteiger partial charge in [-0.15, -0.1) is 0 Å². The maximum absolute atomic E-state index is 9.54. The van der Waals surface area contributed by atoms with Crippen LogP contribution in [0.1, 0.15) is 23.7 Å². The fraction of sp³-hybridized carbons (Fsp3) is 0.0500. The van der Waals surface area contributed by atoms with Gasteiger partial charge in [0.15, 0.2) is 0 Å². The van der Waals surface area contributed by atoms with Crippen molar-refractivity contribution in [1.82, 2.24) is 4.98 Å². The van der Waals surface area contributed by atoms with Gasteiger partial charge in [0.1, 0.15) is 11.5 Å². The second-order valence-electron chi connectivity index (χ2n) is 5.31. The smallest absolute Gasteiger partial charge is 0.115 e. The predicted molar refractivity (Wildman–Crippen MR) is 92.0 cm³/mol. The molecule has 0 bridgehead atoms. The van der Waals surface area contributed by atoms with Gasteiger partial charge in [0.05, 0.1) is 5.69 Å². The fourth-order valence-corrected chi connectivity index (χ4v) is 2.57. The summed E-state index contributed by atoms with van der Waals surface area (Å²) < 4.78 is 0. The second kappa shape index (κ2) is 6.36. The van der Waals surface area contributed by atoms with Gasteiger partial charge in [-0.1, -0.05) is 30.3 Å². The number of pyridine rings is 1. The lowest BCUT2D eigenvalue weighted by atomic mass is 9.92. The third-order valence-corrected chi connectivity index (χ3v) is 3.74. The zero-order chi connectivity index (χ0) is 16.2. The summed E-state index contributed by atoms with van der Waals surface area (Å²) in [4.78, 5) is 4.43.